The minimum Gasteiger partial charge on any atom is -0.352 e. The number of fused-ring (bicyclic) bond motifs is 1. The lowest BCUT2D eigenvalue weighted by Gasteiger charge is -2.24. The number of carbonyl (C=O) groups excluding carboxylic acids is 1. The Bertz CT molecular complexity index is 827. The first-order valence-corrected chi connectivity index (χ1v) is 10.4. The number of nitrogens with one attached hydrogen (secondary N) is 1. The molecule has 1 N–H and O–H groups in total. The Labute approximate surface area is 158 Å². The summed E-state index contributed by atoms with van der Waals surface area (Å²) in [4.78, 5) is 30.1. The van der Waals surface area contributed by atoms with Crippen molar-refractivity contribution in [2.75, 3.05) is 0 Å². The Hall–Kier alpha value is -1.82. The van der Waals surface area contributed by atoms with Gasteiger partial charge in [-0.05, 0) is 38.3 Å². The summed E-state index contributed by atoms with van der Waals surface area (Å²) in [6.07, 6.45) is 6.62. The maximum Gasteiger partial charge on any atom is 0.262 e. The molecule has 1 amide bonds. The summed E-state index contributed by atoms with van der Waals surface area (Å²) in [6.45, 7) is 4.53. The quantitative estimate of drug-likeness (QED) is 0.619. The fourth-order valence-electron chi connectivity index (χ4n) is 3.44. The highest BCUT2D eigenvalue weighted by molar-refractivity contribution is 8.00. The molecule has 1 aromatic heterocycles. The minimum absolute atomic E-state index is 0.0279. The molecule has 0 aliphatic heterocycles. The predicted molar refractivity (Wildman–Crippen MR) is 107 cm³/mol. The molecule has 1 aliphatic rings. The molecule has 140 valence electrons. The van der Waals surface area contributed by atoms with Gasteiger partial charge >= 0.3 is 0 Å². The van der Waals surface area contributed by atoms with Gasteiger partial charge in [0.05, 0.1) is 16.2 Å². The van der Waals surface area contributed by atoms with Gasteiger partial charge in [-0.2, -0.15) is 0 Å². The molecule has 0 radical (unpaired) electrons. The lowest BCUT2D eigenvalue weighted by Crippen LogP contribution is -2.40. The minimum atomic E-state index is -0.284. The fourth-order valence-corrected chi connectivity index (χ4v) is 4.38. The SMILES string of the molecule is CCCn1c(SC(C)C(=O)NC2CCCCC2)nc2ccccc2c1=O. The van der Waals surface area contributed by atoms with Gasteiger partial charge in [0.15, 0.2) is 5.16 Å². The van der Waals surface area contributed by atoms with E-state index in [1.165, 1.54) is 31.0 Å². The predicted octanol–water partition coefficient (Wildman–Crippen LogP) is 3.74. The largest absolute Gasteiger partial charge is 0.352 e. The molecule has 1 aliphatic carbocycles. The molecule has 6 heteroatoms. The fraction of sp³-hybridized carbons (Fsp3) is 0.550. The van der Waals surface area contributed by atoms with Crippen molar-refractivity contribution < 1.29 is 4.79 Å². The van der Waals surface area contributed by atoms with Crippen molar-refractivity contribution in [2.45, 2.75) is 75.4 Å². The highest BCUT2D eigenvalue weighted by atomic mass is 32.2. The number of hydrogen-bond acceptors (Lipinski definition) is 4. The molecular formula is C20H27N3O2S. The van der Waals surface area contributed by atoms with Crippen LogP contribution in [0.3, 0.4) is 0 Å². The van der Waals surface area contributed by atoms with Gasteiger partial charge in [0.25, 0.3) is 5.56 Å². The average molecular weight is 374 g/mol. The number of thioether (sulfide) groups is 1. The van der Waals surface area contributed by atoms with Crippen LogP contribution >= 0.6 is 11.8 Å². The second-order valence-electron chi connectivity index (χ2n) is 6.97. The van der Waals surface area contributed by atoms with Crippen molar-refractivity contribution in [3.63, 3.8) is 0 Å². The first-order valence-electron chi connectivity index (χ1n) is 9.56. The van der Waals surface area contributed by atoms with Gasteiger partial charge in [-0.25, -0.2) is 4.98 Å². The van der Waals surface area contributed by atoms with E-state index < -0.39 is 0 Å². The molecular weight excluding hydrogens is 346 g/mol. The van der Waals surface area contributed by atoms with E-state index in [2.05, 4.69) is 10.3 Å². The molecule has 1 fully saturated rings. The van der Waals surface area contributed by atoms with Crippen LogP contribution in [0, 0.1) is 0 Å². The van der Waals surface area contributed by atoms with E-state index in [1.807, 2.05) is 38.1 Å². The number of amides is 1. The van der Waals surface area contributed by atoms with Crippen LogP contribution in [0.4, 0.5) is 0 Å². The van der Waals surface area contributed by atoms with Crippen LogP contribution in [0.5, 0.6) is 0 Å². The summed E-state index contributed by atoms with van der Waals surface area (Å²) in [5, 5.41) is 4.14. The molecule has 26 heavy (non-hydrogen) atoms. The van der Waals surface area contributed by atoms with Gasteiger partial charge in [-0.1, -0.05) is 50.1 Å². The molecule has 0 saturated heterocycles. The third kappa shape index (κ3) is 4.29. The zero-order chi connectivity index (χ0) is 18.5. The van der Waals surface area contributed by atoms with Crippen molar-refractivity contribution in [1.82, 2.24) is 14.9 Å². The van der Waals surface area contributed by atoms with Crippen molar-refractivity contribution >= 4 is 28.6 Å². The van der Waals surface area contributed by atoms with Gasteiger partial charge in [0.2, 0.25) is 5.91 Å². The zero-order valence-corrected chi connectivity index (χ0v) is 16.3. The molecule has 0 spiro atoms. The summed E-state index contributed by atoms with van der Waals surface area (Å²) in [7, 11) is 0. The molecule has 5 nitrogen and oxygen atoms in total. The number of hydrogen-bond donors (Lipinski definition) is 1. The molecule has 3 rings (SSSR count). The number of aromatic nitrogens is 2. The number of nitrogens with zero attached hydrogens (tertiary/aromatic N) is 2. The Morgan fingerprint density at radius 3 is 2.77 bits per heavy atom. The molecule has 1 unspecified atom stereocenters. The lowest BCUT2D eigenvalue weighted by molar-refractivity contribution is -0.121. The number of benzene rings is 1. The Morgan fingerprint density at radius 1 is 1.31 bits per heavy atom. The smallest absolute Gasteiger partial charge is 0.262 e. The summed E-state index contributed by atoms with van der Waals surface area (Å²) in [6, 6.07) is 7.69. The topological polar surface area (TPSA) is 64.0 Å². The maximum absolute atomic E-state index is 12.8. The van der Waals surface area contributed by atoms with Crippen molar-refractivity contribution in [2.24, 2.45) is 0 Å². The molecule has 0 bridgehead atoms. The van der Waals surface area contributed by atoms with Crippen LogP contribution in [0.1, 0.15) is 52.4 Å². The van der Waals surface area contributed by atoms with Crippen molar-refractivity contribution in [3.8, 4) is 0 Å². The molecule has 2 aromatic rings. The van der Waals surface area contributed by atoms with E-state index in [9.17, 15) is 9.59 Å². The van der Waals surface area contributed by atoms with Crippen molar-refractivity contribution in [3.05, 3.63) is 34.6 Å². The van der Waals surface area contributed by atoms with Gasteiger partial charge in [0, 0.05) is 12.6 Å². The van der Waals surface area contributed by atoms with Gasteiger partial charge < -0.3 is 5.32 Å². The summed E-state index contributed by atoms with van der Waals surface area (Å²) < 4.78 is 1.71. The Kier molecular flexibility index (Phi) is 6.35. The summed E-state index contributed by atoms with van der Waals surface area (Å²) >= 11 is 1.38. The van der Waals surface area contributed by atoms with Crippen LogP contribution in [0.15, 0.2) is 34.2 Å². The maximum atomic E-state index is 12.8. The van der Waals surface area contributed by atoms with Crippen LogP contribution < -0.4 is 10.9 Å². The monoisotopic (exact) mass is 373 g/mol. The normalized spacial score (nSPS) is 16.5. The van der Waals surface area contributed by atoms with E-state index in [0.29, 0.717) is 28.6 Å². The number of rotatable bonds is 6. The Morgan fingerprint density at radius 2 is 2.04 bits per heavy atom. The first kappa shape index (κ1) is 19.0. The number of carbonyl (C=O) groups is 1. The average Bonchev–Trinajstić information content (AvgIpc) is 2.65. The number of para-hydroxylation sites is 1. The molecule has 1 atom stereocenters. The molecule has 1 aromatic carbocycles. The van der Waals surface area contributed by atoms with E-state index in [0.717, 1.165) is 19.3 Å². The van der Waals surface area contributed by atoms with Gasteiger partial charge in [0.1, 0.15) is 0 Å². The van der Waals surface area contributed by atoms with Crippen LogP contribution in [-0.4, -0.2) is 26.8 Å². The van der Waals surface area contributed by atoms with Crippen molar-refractivity contribution in [1.29, 1.82) is 0 Å². The van der Waals surface area contributed by atoms with E-state index >= 15 is 0 Å². The van der Waals surface area contributed by atoms with Gasteiger partial charge in [-0.15, -0.1) is 0 Å². The second kappa shape index (κ2) is 8.71. The summed E-state index contributed by atoms with van der Waals surface area (Å²) in [5.74, 6) is 0.0346. The first-order chi connectivity index (χ1) is 12.6. The van der Waals surface area contributed by atoms with Crippen LogP contribution in [-0.2, 0) is 11.3 Å². The molecule has 1 heterocycles. The van der Waals surface area contributed by atoms with E-state index in [1.54, 1.807) is 4.57 Å². The van der Waals surface area contributed by atoms with Gasteiger partial charge in [-0.3, -0.25) is 14.2 Å². The zero-order valence-electron chi connectivity index (χ0n) is 15.5. The molecule has 1 saturated carbocycles. The van der Waals surface area contributed by atoms with Crippen LogP contribution in [0.25, 0.3) is 10.9 Å². The third-order valence-corrected chi connectivity index (χ3v) is 5.97. The standard InChI is InChI=1S/C20H27N3O2S/c1-3-13-23-19(25)16-11-7-8-12-17(16)22-20(23)26-14(2)18(24)21-15-9-5-4-6-10-15/h7-8,11-12,14-15H,3-6,9-10,13H2,1-2H3,(H,21,24). The Balaban J connectivity index is 1.81. The third-order valence-electron chi connectivity index (χ3n) is 4.88. The highest BCUT2D eigenvalue weighted by Crippen LogP contribution is 2.24. The summed E-state index contributed by atoms with van der Waals surface area (Å²) in [5.41, 5.74) is 0.659. The van der Waals surface area contributed by atoms with E-state index in [4.69, 9.17) is 0 Å². The lowest BCUT2D eigenvalue weighted by atomic mass is 9.95. The second-order valence-corrected chi connectivity index (χ2v) is 8.28. The van der Waals surface area contributed by atoms with E-state index in [-0.39, 0.29) is 16.7 Å². The van der Waals surface area contributed by atoms with Crippen LogP contribution in [0.2, 0.25) is 0 Å². The highest BCUT2D eigenvalue weighted by Gasteiger charge is 2.22.